The van der Waals surface area contributed by atoms with Gasteiger partial charge in [0.15, 0.2) is 17.5 Å². The van der Waals surface area contributed by atoms with Gasteiger partial charge in [-0.05, 0) is 50.7 Å². The van der Waals surface area contributed by atoms with Crippen molar-refractivity contribution in [3.63, 3.8) is 0 Å². The second kappa shape index (κ2) is 13.0. The van der Waals surface area contributed by atoms with Gasteiger partial charge in [-0.25, -0.2) is 17.9 Å². The van der Waals surface area contributed by atoms with Crippen LogP contribution in [0.2, 0.25) is 0 Å². The molecule has 232 valence electrons. The molecule has 42 heavy (non-hydrogen) atoms. The van der Waals surface area contributed by atoms with Crippen molar-refractivity contribution in [2.45, 2.75) is 113 Å². The molecule has 0 bridgehead atoms. The minimum Gasteiger partial charge on any atom is -0.394 e. The van der Waals surface area contributed by atoms with E-state index in [0.29, 0.717) is 24.9 Å². The molecule has 2 aromatic rings. The van der Waals surface area contributed by atoms with Crippen LogP contribution in [0, 0.1) is 17.5 Å². The monoisotopic (exact) mass is 595 g/mol. The first-order chi connectivity index (χ1) is 20.2. The van der Waals surface area contributed by atoms with E-state index in [4.69, 9.17) is 14.3 Å². The van der Waals surface area contributed by atoms with Gasteiger partial charge in [0, 0.05) is 37.6 Å². The molecule has 0 radical (unpaired) electrons. The van der Waals surface area contributed by atoms with Gasteiger partial charge < -0.3 is 29.8 Å². The van der Waals surface area contributed by atoms with Crippen LogP contribution in [-0.4, -0.2) is 86.7 Å². The van der Waals surface area contributed by atoms with E-state index in [-0.39, 0.29) is 16.9 Å². The van der Waals surface area contributed by atoms with Gasteiger partial charge in [-0.2, -0.15) is 0 Å². The number of hydrogen-bond donors (Lipinski definition) is 3. The van der Waals surface area contributed by atoms with E-state index in [9.17, 15) is 23.4 Å². The Hall–Kier alpha value is -2.58. The summed E-state index contributed by atoms with van der Waals surface area (Å²) in [7, 11) is 1.48. The summed E-state index contributed by atoms with van der Waals surface area (Å²) in [5, 5.41) is 37.4. The molecular weight excluding hydrogens is 555 g/mol. The highest BCUT2D eigenvalue weighted by Gasteiger charge is 2.49. The Balaban J connectivity index is 1.28. The molecule has 0 unspecified atom stereocenters. The van der Waals surface area contributed by atoms with Gasteiger partial charge in [0.1, 0.15) is 35.6 Å². The third kappa shape index (κ3) is 6.21. The molecule has 13 heteroatoms. The van der Waals surface area contributed by atoms with Crippen LogP contribution >= 0.6 is 0 Å². The average molecular weight is 596 g/mol. The fourth-order valence-corrected chi connectivity index (χ4v) is 6.56. The van der Waals surface area contributed by atoms with E-state index in [1.165, 1.54) is 18.0 Å². The summed E-state index contributed by atoms with van der Waals surface area (Å²) in [6.45, 7) is 3.94. The Bertz CT molecular complexity index is 1230. The number of ether oxygens (including phenoxy) is 2. The van der Waals surface area contributed by atoms with Crippen molar-refractivity contribution < 1.29 is 37.7 Å². The fraction of sp³-hybridized carbons (Fsp3) is 0.690. The third-order valence-electron chi connectivity index (χ3n) is 9.02. The zero-order chi connectivity index (χ0) is 30.0. The number of hydrogen-bond acceptors (Lipinski definition) is 9. The highest BCUT2D eigenvalue weighted by atomic mass is 19.2. The molecule has 1 aliphatic carbocycles. The number of aliphatic hydroxyl groups excluding tert-OH is 2. The lowest BCUT2D eigenvalue weighted by Crippen LogP contribution is -2.57. The molecule has 0 amide bonds. The number of nitrogens with one attached hydrogen (secondary N) is 1. The number of methoxy groups -OCH3 is 1. The average Bonchev–Trinajstić information content (AvgIpc) is 3.63. The first-order valence-electron chi connectivity index (χ1n) is 14.7. The predicted molar refractivity (Wildman–Crippen MR) is 147 cm³/mol. The zero-order valence-corrected chi connectivity index (χ0v) is 24.2. The van der Waals surface area contributed by atoms with Crippen LogP contribution in [0.5, 0.6) is 0 Å². The molecule has 1 spiro atoms. The Morgan fingerprint density at radius 1 is 1.14 bits per heavy atom. The molecule has 3 N–H and O–H groups in total. The van der Waals surface area contributed by atoms with Crippen molar-refractivity contribution in [3.8, 4) is 11.3 Å². The Morgan fingerprint density at radius 2 is 1.83 bits per heavy atom. The van der Waals surface area contributed by atoms with Crippen molar-refractivity contribution >= 4 is 5.71 Å². The van der Waals surface area contributed by atoms with Gasteiger partial charge in [-0.15, -0.1) is 5.10 Å². The van der Waals surface area contributed by atoms with Gasteiger partial charge in [0.25, 0.3) is 0 Å². The number of nitrogens with zero attached hydrogens (tertiary/aromatic N) is 4. The first-order valence-corrected chi connectivity index (χ1v) is 14.7. The standard InChI is InChI=1S/C29H40F3N5O5/c1-4-17(5-2)33-18-6-8-29(9-7-18)13-19(35-42-29)12-23-28(40-3)26(27(39)24(15-38)41-23)37-14-22(34-36-37)16-10-20(30)25(32)21(31)11-16/h10-11,14,17-18,23-24,26-28,33,38-39H,4-9,12-13,15H2,1-3H3/t18?,23-,24-,26+,27+,28+,29?/m1/s1. The summed E-state index contributed by atoms with van der Waals surface area (Å²) >= 11 is 0. The summed E-state index contributed by atoms with van der Waals surface area (Å²) in [6, 6.07) is 1.78. The summed E-state index contributed by atoms with van der Waals surface area (Å²) in [4.78, 5) is 6.03. The van der Waals surface area contributed by atoms with Crippen LogP contribution in [0.4, 0.5) is 13.2 Å². The SMILES string of the molecule is CCC(CC)NC1CCC2(CC1)CC(C[C@H]1O[C@H](CO)[C@H](O)[C@H](n3cc(-c4cc(F)c(F)c(F)c4)nn3)[C@H]1OC)=NO2. The van der Waals surface area contributed by atoms with Gasteiger partial charge in [-0.1, -0.05) is 24.2 Å². The largest absolute Gasteiger partial charge is 0.394 e. The molecule has 1 aromatic heterocycles. The fourth-order valence-electron chi connectivity index (χ4n) is 6.56. The minimum atomic E-state index is -1.58. The Morgan fingerprint density at radius 3 is 2.45 bits per heavy atom. The molecule has 1 aromatic carbocycles. The maximum Gasteiger partial charge on any atom is 0.194 e. The number of benzene rings is 1. The van der Waals surface area contributed by atoms with Crippen LogP contribution in [0.25, 0.3) is 11.3 Å². The smallest absolute Gasteiger partial charge is 0.194 e. The molecule has 2 aliphatic heterocycles. The zero-order valence-electron chi connectivity index (χ0n) is 24.2. The van der Waals surface area contributed by atoms with Crippen LogP contribution in [-0.2, 0) is 14.3 Å². The van der Waals surface area contributed by atoms with E-state index in [2.05, 4.69) is 34.6 Å². The second-order valence-corrected chi connectivity index (χ2v) is 11.7. The number of rotatable bonds is 10. The Kier molecular flexibility index (Phi) is 9.53. The molecule has 1 saturated heterocycles. The molecule has 5 atom stereocenters. The van der Waals surface area contributed by atoms with E-state index < -0.39 is 54.5 Å². The number of aliphatic hydroxyl groups is 2. The highest BCUT2D eigenvalue weighted by Crippen LogP contribution is 2.41. The molecule has 5 rings (SSSR count). The van der Waals surface area contributed by atoms with Crippen LogP contribution in [0.1, 0.15) is 71.3 Å². The van der Waals surface area contributed by atoms with Crippen LogP contribution in [0.15, 0.2) is 23.5 Å². The number of oxime groups is 1. The van der Waals surface area contributed by atoms with E-state index in [1.54, 1.807) is 0 Å². The van der Waals surface area contributed by atoms with Gasteiger partial charge in [-0.3, -0.25) is 0 Å². The molecular formula is C29H40F3N5O5. The maximum atomic E-state index is 13.8. The van der Waals surface area contributed by atoms with E-state index in [1.807, 2.05) is 0 Å². The number of aromatic nitrogens is 3. The molecule has 1 saturated carbocycles. The lowest BCUT2D eigenvalue weighted by atomic mass is 9.78. The normalized spacial score (nSPS) is 31.5. The van der Waals surface area contributed by atoms with Crippen molar-refractivity contribution in [2.24, 2.45) is 5.16 Å². The maximum absolute atomic E-state index is 13.8. The lowest BCUT2D eigenvalue weighted by Gasteiger charge is -2.43. The van der Waals surface area contributed by atoms with Crippen molar-refractivity contribution in [1.29, 1.82) is 0 Å². The van der Waals surface area contributed by atoms with Crippen LogP contribution < -0.4 is 5.32 Å². The van der Waals surface area contributed by atoms with Gasteiger partial charge in [0.05, 0.1) is 24.6 Å². The highest BCUT2D eigenvalue weighted by molar-refractivity contribution is 5.86. The second-order valence-electron chi connectivity index (χ2n) is 11.7. The van der Waals surface area contributed by atoms with E-state index >= 15 is 0 Å². The molecule has 3 aliphatic rings. The van der Waals surface area contributed by atoms with Gasteiger partial charge >= 0.3 is 0 Å². The third-order valence-corrected chi connectivity index (χ3v) is 9.02. The number of halogens is 3. The van der Waals surface area contributed by atoms with Crippen molar-refractivity contribution in [3.05, 3.63) is 35.8 Å². The predicted octanol–water partition coefficient (Wildman–Crippen LogP) is 3.67. The topological polar surface area (TPSA) is 123 Å². The molecule has 10 nitrogen and oxygen atoms in total. The molecule has 2 fully saturated rings. The molecule has 3 heterocycles. The van der Waals surface area contributed by atoms with Gasteiger partial charge in [0.2, 0.25) is 0 Å². The quantitative estimate of drug-likeness (QED) is 0.356. The minimum absolute atomic E-state index is 0.0176. The summed E-state index contributed by atoms with van der Waals surface area (Å²) in [5.41, 5.74) is 0.533. The lowest BCUT2D eigenvalue weighted by molar-refractivity contribution is -0.210. The Labute approximate surface area is 243 Å². The summed E-state index contributed by atoms with van der Waals surface area (Å²) < 4.78 is 54.4. The van der Waals surface area contributed by atoms with E-state index in [0.717, 1.165) is 56.4 Å². The summed E-state index contributed by atoms with van der Waals surface area (Å²) in [6.07, 6.45) is 4.88. The first kappa shape index (κ1) is 30.9. The summed E-state index contributed by atoms with van der Waals surface area (Å²) in [5.74, 6) is -4.28. The van der Waals surface area contributed by atoms with Crippen molar-refractivity contribution in [1.82, 2.24) is 20.3 Å². The van der Waals surface area contributed by atoms with Crippen molar-refractivity contribution in [2.75, 3.05) is 13.7 Å². The van der Waals surface area contributed by atoms with Crippen LogP contribution in [0.3, 0.4) is 0 Å².